The molecule has 2 aromatic rings. The first-order valence-electron chi connectivity index (χ1n) is 5.10. The zero-order valence-electron chi connectivity index (χ0n) is 9.07. The monoisotopic (exact) mass is 216 g/mol. The summed E-state index contributed by atoms with van der Waals surface area (Å²) in [5, 5.41) is 0. The van der Waals surface area contributed by atoms with Crippen LogP contribution in [0.15, 0.2) is 36.5 Å². The lowest BCUT2D eigenvalue weighted by molar-refractivity contribution is 0.626. The van der Waals surface area contributed by atoms with Crippen LogP contribution in [0.3, 0.4) is 0 Å². The summed E-state index contributed by atoms with van der Waals surface area (Å²) in [7, 11) is 0. The van der Waals surface area contributed by atoms with Crippen molar-refractivity contribution in [2.45, 2.75) is 13.3 Å². The molecule has 0 saturated carbocycles. The predicted octanol–water partition coefficient (Wildman–Crippen LogP) is 2.70. The van der Waals surface area contributed by atoms with Gasteiger partial charge in [-0.3, -0.25) is 4.98 Å². The number of pyridine rings is 1. The highest BCUT2D eigenvalue weighted by atomic mass is 19.1. The molecule has 1 heterocycles. The summed E-state index contributed by atoms with van der Waals surface area (Å²) in [5.74, 6) is -0.302. The first kappa shape index (κ1) is 10.6. The Labute approximate surface area is 93.9 Å². The van der Waals surface area contributed by atoms with Gasteiger partial charge in [0.2, 0.25) is 0 Å². The van der Waals surface area contributed by atoms with Crippen molar-refractivity contribution in [3.8, 4) is 0 Å². The molecule has 0 bridgehead atoms. The second-order valence-corrected chi connectivity index (χ2v) is 3.84. The Hall–Kier alpha value is -1.90. The van der Waals surface area contributed by atoms with Crippen LogP contribution < -0.4 is 5.73 Å². The number of aryl methyl sites for hydroxylation is 1. The fourth-order valence-electron chi connectivity index (χ4n) is 1.67. The van der Waals surface area contributed by atoms with E-state index in [4.69, 9.17) is 5.73 Å². The second-order valence-electron chi connectivity index (χ2n) is 3.84. The van der Waals surface area contributed by atoms with Crippen molar-refractivity contribution < 1.29 is 4.39 Å². The molecule has 0 fully saturated rings. The number of halogens is 1. The van der Waals surface area contributed by atoms with Crippen LogP contribution in [-0.4, -0.2) is 4.98 Å². The van der Waals surface area contributed by atoms with E-state index in [1.54, 1.807) is 12.3 Å². The summed E-state index contributed by atoms with van der Waals surface area (Å²) < 4.78 is 13.1. The Balaban J connectivity index is 2.30. The maximum atomic E-state index is 13.1. The number of anilines is 1. The van der Waals surface area contributed by atoms with Gasteiger partial charge in [-0.05, 0) is 42.3 Å². The fourth-order valence-corrected chi connectivity index (χ4v) is 1.67. The number of nitrogens with zero attached hydrogens (tertiary/aromatic N) is 1. The van der Waals surface area contributed by atoms with E-state index in [2.05, 4.69) is 4.98 Å². The number of hydrogen-bond acceptors (Lipinski definition) is 2. The molecule has 3 heteroatoms. The minimum atomic E-state index is -0.302. The molecular weight excluding hydrogens is 203 g/mol. The minimum Gasteiger partial charge on any atom is -0.399 e. The highest BCUT2D eigenvalue weighted by Gasteiger charge is 2.03. The van der Waals surface area contributed by atoms with E-state index < -0.39 is 0 Å². The summed E-state index contributed by atoms with van der Waals surface area (Å²) in [6.07, 6.45) is 2.35. The second kappa shape index (κ2) is 4.31. The van der Waals surface area contributed by atoms with Crippen molar-refractivity contribution in [3.63, 3.8) is 0 Å². The first-order valence-corrected chi connectivity index (χ1v) is 5.10. The maximum absolute atomic E-state index is 13.1. The molecular formula is C13H13FN2. The average Bonchev–Trinajstić information content (AvgIpc) is 2.20. The normalized spacial score (nSPS) is 10.4. The van der Waals surface area contributed by atoms with Crippen LogP contribution >= 0.6 is 0 Å². The maximum Gasteiger partial charge on any atom is 0.125 e. The van der Waals surface area contributed by atoms with Crippen LogP contribution in [0.1, 0.15) is 16.8 Å². The van der Waals surface area contributed by atoms with E-state index >= 15 is 0 Å². The summed E-state index contributed by atoms with van der Waals surface area (Å²) in [6.45, 7) is 1.99. The number of nitrogen functional groups attached to an aromatic ring is 1. The third kappa shape index (κ3) is 2.37. The molecule has 0 unspecified atom stereocenters. The van der Waals surface area contributed by atoms with Crippen LogP contribution in [0.4, 0.5) is 10.1 Å². The van der Waals surface area contributed by atoms with E-state index in [1.807, 2.05) is 19.1 Å². The lowest BCUT2D eigenvalue weighted by atomic mass is 10.1. The van der Waals surface area contributed by atoms with Crippen molar-refractivity contribution in [1.82, 2.24) is 4.98 Å². The van der Waals surface area contributed by atoms with Crippen molar-refractivity contribution in [3.05, 3.63) is 59.2 Å². The number of nitrogens with two attached hydrogens (primary N) is 1. The molecule has 0 amide bonds. The Morgan fingerprint density at radius 3 is 2.81 bits per heavy atom. The standard InChI is InChI=1S/C13H13FN2/c1-9-3-2-4-16-13(9)7-10-5-11(14)8-12(15)6-10/h2-6,8H,7,15H2,1H3. The van der Waals surface area contributed by atoms with Gasteiger partial charge < -0.3 is 5.73 Å². The molecule has 1 aromatic heterocycles. The van der Waals surface area contributed by atoms with Gasteiger partial charge in [0.1, 0.15) is 5.82 Å². The third-order valence-corrected chi connectivity index (χ3v) is 2.47. The zero-order valence-corrected chi connectivity index (χ0v) is 9.07. The summed E-state index contributed by atoms with van der Waals surface area (Å²) in [6, 6.07) is 8.46. The van der Waals surface area contributed by atoms with Crippen molar-refractivity contribution in [2.75, 3.05) is 5.73 Å². The number of benzene rings is 1. The summed E-state index contributed by atoms with van der Waals surface area (Å²) >= 11 is 0. The number of hydrogen-bond donors (Lipinski definition) is 1. The quantitative estimate of drug-likeness (QED) is 0.784. The lowest BCUT2D eigenvalue weighted by Gasteiger charge is -2.05. The summed E-state index contributed by atoms with van der Waals surface area (Å²) in [4.78, 5) is 4.27. The number of aromatic nitrogens is 1. The predicted molar refractivity (Wildman–Crippen MR) is 62.6 cm³/mol. The SMILES string of the molecule is Cc1cccnc1Cc1cc(N)cc(F)c1. The van der Waals surface area contributed by atoms with Gasteiger partial charge in [-0.15, -0.1) is 0 Å². The van der Waals surface area contributed by atoms with Gasteiger partial charge in [0.05, 0.1) is 0 Å². The van der Waals surface area contributed by atoms with Crippen LogP contribution in [-0.2, 0) is 6.42 Å². The van der Waals surface area contributed by atoms with Gasteiger partial charge in [0.25, 0.3) is 0 Å². The number of rotatable bonds is 2. The van der Waals surface area contributed by atoms with Gasteiger partial charge in [-0.1, -0.05) is 6.07 Å². The lowest BCUT2D eigenvalue weighted by Crippen LogP contribution is -1.97. The molecule has 0 saturated heterocycles. The van der Waals surface area contributed by atoms with Gasteiger partial charge in [-0.2, -0.15) is 0 Å². The van der Waals surface area contributed by atoms with Crippen LogP contribution in [0.2, 0.25) is 0 Å². The van der Waals surface area contributed by atoms with Crippen molar-refractivity contribution in [1.29, 1.82) is 0 Å². The Morgan fingerprint density at radius 2 is 2.12 bits per heavy atom. The molecule has 0 aliphatic carbocycles. The average molecular weight is 216 g/mol. The van der Waals surface area contributed by atoms with E-state index in [-0.39, 0.29) is 5.82 Å². The molecule has 2 rings (SSSR count). The summed E-state index contributed by atoms with van der Waals surface area (Å²) in [5.41, 5.74) is 8.94. The van der Waals surface area contributed by atoms with E-state index in [9.17, 15) is 4.39 Å². The molecule has 2 N–H and O–H groups in total. The van der Waals surface area contributed by atoms with Crippen LogP contribution in [0.25, 0.3) is 0 Å². The molecule has 82 valence electrons. The van der Waals surface area contributed by atoms with E-state index in [1.165, 1.54) is 12.1 Å². The van der Waals surface area contributed by atoms with E-state index in [0.29, 0.717) is 12.1 Å². The molecule has 16 heavy (non-hydrogen) atoms. The Morgan fingerprint density at radius 1 is 1.31 bits per heavy atom. The highest BCUT2D eigenvalue weighted by Crippen LogP contribution is 2.15. The van der Waals surface area contributed by atoms with Gasteiger partial charge in [-0.25, -0.2) is 4.39 Å². The molecule has 2 nitrogen and oxygen atoms in total. The molecule has 0 aliphatic heterocycles. The third-order valence-electron chi connectivity index (χ3n) is 2.47. The van der Waals surface area contributed by atoms with Crippen LogP contribution in [0, 0.1) is 12.7 Å². The minimum absolute atomic E-state index is 0.302. The van der Waals surface area contributed by atoms with E-state index in [0.717, 1.165) is 16.8 Å². The zero-order chi connectivity index (χ0) is 11.5. The van der Waals surface area contributed by atoms with Crippen molar-refractivity contribution in [2.24, 2.45) is 0 Å². The smallest absolute Gasteiger partial charge is 0.125 e. The molecule has 0 spiro atoms. The van der Waals surface area contributed by atoms with Gasteiger partial charge in [0, 0.05) is 24.0 Å². The molecule has 0 atom stereocenters. The highest BCUT2D eigenvalue weighted by molar-refractivity contribution is 5.42. The fraction of sp³-hybridized carbons (Fsp3) is 0.154. The Bertz CT molecular complexity index is 489. The Kier molecular flexibility index (Phi) is 2.86. The van der Waals surface area contributed by atoms with Gasteiger partial charge in [0.15, 0.2) is 0 Å². The topological polar surface area (TPSA) is 38.9 Å². The van der Waals surface area contributed by atoms with Crippen LogP contribution in [0.5, 0.6) is 0 Å². The van der Waals surface area contributed by atoms with Crippen molar-refractivity contribution >= 4 is 5.69 Å². The molecule has 0 aliphatic rings. The molecule has 0 radical (unpaired) electrons. The largest absolute Gasteiger partial charge is 0.399 e. The van der Waals surface area contributed by atoms with Gasteiger partial charge >= 0.3 is 0 Å². The first-order chi connectivity index (χ1) is 7.65. The molecule has 1 aromatic carbocycles.